The second-order valence-corrected chi connectivity index (χ2v) is 4.62. The van der Waals surface area contributed by atoms with E-state index in [1.807, 2.05) is 44.2 Å². The molecule has 0 saturated carbocycles. The van der Waals surface area contributed by atoms with Crippen molar-refractivity contribution in [3.63, 3.8) is 0 Å². The molecule has 2 unspecified atom stereocenters. The van der Waals surface area contributed by atoms with E-state index >= 15 is 0 Å². The zero-order valence-electron chi connectivity index (χ0n) is 10.2. The number of nitrogens with zero attached hydrogens (tertiary/aromatic N) is 1. The van der Waals surface area contributed by atoms with Gasteiger partial charge in [-0.25, -0.2) is 4.79 Å². The van der Waals surface area contributed by atoms with Gasteiger partial charge in [0.25, 0.3) is 0 Å². The van der Waals surface area contributed by atoms with E-state index in [4.69, 9.17) is 0 Å². The normalized spacial score (nSPS) is 29.1. The van der Waals surface area contributed by atoms with Crippen LogP contribution in [-0.4, -0.2) is 35.2 Å². The van der Waals surface area contributed by atoms with Crippen LogP contribution in [-0.2, 0) is 5.54 Å². The zero-order valence-corrected chi connectivity index (χ0v) is 10.2. The molecule has 1 aliphatic heterocycles. The summed E-state index contributed by atoms with van der Waals surface area (Å²) in [6.07, 6.45) is -0.857. The largest absolute Gasteiger partial charge is 0.465 e. The monoisotopic (exact) mass is 234 g/mol. The number of amides is 1. The average molecular weight is 234 g/mol. The van der Waals surface area contributed by atoms with Crippen molar-refractivity contribution < 1.29 is 9.90 Å². The molecule has 0 radical (unpaired) electrons. The van der Waals surface area contributed by atoms with Crippen molar-refractivity contribution in [3.05, 3.63) is 35.9 Å². The Morgan fingerprint density at radius 3 is 2.71 bits per heavy atom. The SMILES string of the molecule is CC1NCCN(C(=O)O)C1(C)c1ccccc1. The van der Waals surface area contributed by atoms with Crippen LogP contribution in [0.15, 0.2) is 30.3 Å². The number of benzene rings is 1. The molecule has 1 aliphatic rings. The summed E-state index contributed by atoms with van der Waals surface area (Å²) in [5.74, 6) is 0. The maximum absolute atomic E-state index is 11.4. The third-order valence-corrected chi connectivity index (χ3v) is 3.78. The first-order valence-electron chi connectivity index (χ1n) is 5.86. The number of carbonyl (C=O) groups is 1. The molecule has 1 amide bonds. The van der Waals surface area contributed by atoms with Gasteiger partial charge in [-0.1, -0.05) is 30.3 Å². The van der Waals surface area contributed by atoms with Gasteiger partial charge in [0, 0.05) is 19.1 Å². The molecule has 92 valence electrons. The number of carboxylic acid groups (broad SMARTS) is 1. The Morgan fingerprint density at radius 1 is 1.47 bits per heavy atom. The average Bonchev–Trinajstić information content (AvgIpc) is 2.33. The van der Waals surface area contributed by atoms with Crippen molar-refractivity contribution in [2.24, 2.45) is 0 Å². The van der Waals surface area contributed by atoms with Crippen LogP contribution in [0, 0.1) is 0 Å². The van der Waals surface area contributed by atoms with Gasteiger partial charge in [-0.2, -0.15) is 0 Å². The predicted octanol–water partition coefficient (Wildman–Crippen LogP) is 1.87. The highest BCUT2D eigenvalue weighted by Gasteiger charge is 2.43. The van der Waals surface area contributed by atoms with Crippen LogP contribution in [0.5, 0.6) is 0 Å². The quantitative estimate of drug-likeness (QED) is 0.780. The summed E-state index contributed by atoms with van der Waals surface area (Å²) < 4.78 is 0. The van der Waals surface area contributed by atoms with Crippen LogP contribution in [0.25, 0.3) is 0 Å². The molecular weight excluding hydrogens is 216 g/mol. The highest BCUT2D eigenvalue weighted by molar-refractivity contribution is 5.67. The molecule has 1 aromatic rings. The smallest absolute Gasteiger partial charge is 0.408 e. The molecule has 0 aromatic heterocycles. The van der Waals surface area contributed by atoms with Crippen LogP contribution in [0.4, 0.5) is 4.79 Å². The number of rotatable bonds is 1. The molecule has 1 heterocycles. The van der Waals surface area contributed by atoms with E-state index < -0.39 is 11.6 Å². The summed E-state index contributed by atoms with van der Waals surface area (Å²) in [7, 11) is 0. The second-order valence-electron chi connectivity index (χ2n) is 4.62. The maximum atomic E-state index is 11.4. The van der Waals surface area contributed by atoms with Gasteiger partial charge in [0.1, 0.15) is 0 Å². The Bertz CT molecular complexity index is 407. The van der Waals surface area contributed by atoms with Gasteiger partial charge in [0.2, 0.25) is 0 Å². The van der Waals surface area contributed by atoms with Gasteiger partial charge in [0.05, 0.1) is 5.54 Å². The minimum atomic E-state index is -0.857. The van der Waals surface area contributed by atoms with E-state index in [0.717, 1.165) is 5.56 Å². The summed E-state index contributed by atoms with van der Waals surface area (Å²) in [6.45, 7) is 5.23. The van der Waals surface area contributed by atoms with E-state index in [-0.39, 0.29) is 6.04 Å². The topological polar surface area (TPSA) is 52.6 Å². The Morgan fingerprint density at radius 2 is 2.12 bits per heavy atom. The van der Waals surface area contributed by atoms with Crippen LogP contribution in [0.1, 0.15) is 19.4 Å². The molecule has 4 heteroatoms. The lowest BCUT2D eigenvalue weighted by molar-refractivity contribution is 0.0399. The molecule has 17 heavy (non-hydrogen) atoms. The first kappa shape index (κ1) is 11.9. The van der Waals surface area contributed by atoms with Gasteiger partial charge in [0.15, 0.2) is 0 Å². The molecule has 2 N–H and O–H groups in total. The van der Waals surface area contributed by atoms with Crippen molar-refractivity contribution in [1.82, 2.24) is 10.2 Å². The molecule has 1 fully saturated rings. The highest BCUT2D eigenvalue weighted by atomic mass is 16.4. The van der Waals surface area contributed by atoms with Gasteiger partial charge in [-0.05, 0) is 19.4 Å². The maximum Gasteiger partial charge on any atom is 0.408 e. The Kier molecular flexibility index (Phi) is 3.07. The third-order valence-electron chi connectivity index (χ3n) is 3.78. The van der Waals surface area contributed by atoms with Gasteiger partial charge in [-0.15, -0.1) is 0 Å². The van der Waals surface area contributed by atoms with Crippen molar-refractivity contribution in [1.29, 1.82) is 0 Å². The summed E-state index contributed by atoms with van der Waals surface area (Å²) in [5, 5.41) is 12.7. The van der Waals surface area contributed by atoms with E-state index in [1.165, 1.54) is 4.90 Å². The summed E-state index contributed by atoms with van der Waals surface area (Å²) in [4.78, 5) is 12.9. The van der Waals surface area contributed by atoms with E-state index in [0.29, 0.717) is 13.1 Å². The van der Waals surface area contributed by atoms with Crippen LogP contribution in [0.2, 0.25) is 0 Å². The fraction of sp³-hybridized carbons (Fsp3) is 0.462. The Labute approximate surface area is 101 Å². The van der Waals surface area contributed by atoms with Crippen LogP contribution < -0.4 is 5.32 Å². The van der Waals surface area contributed by atoms with Crippen molar-refractivity contribution >= 4 is 6.09 Å². The van der Waals surface area contributed by atoms with Crippen LogP contribution in [0.3, 0.4) is 0 Å². The van der Waals surface area contributed by atoms with E-state index in [1.54, 1.807) is 0 Å². The third kappa shape index (κ3) is 1.89. The lowest BCUT2D eigenvalue weighted by Crippen LogP contribution is -2.63. The fourth-order valence-corrected chi connectivity index (χ4v) is 2.53. The summed E-state index contributed by atoms with van der Waals surface area (Å²) in [5.41, 5.74) is 0.521. The lowest BCUT2D eigenvalue weighted by atomic mass is 9.82. The fourth-order valence-electron chi connectivity index (χ4n) is 2.53. The number of hydrogen-bond donors (Lipinski definition) is 2. The van der Waals surface area contributed by atoms with Crippen LogP contribution >= 0.6 is 0 Å². The Balaban J connectivity index is 2.45. The highest BCUT2D eigenvalue weighted by Crippen LogP contribution is 2.33. The lowest BCUT2D eigenvalue weighted by Gasteiger charge is -2.48. The molecule has 2 atom stereocenters. The van der Waals surface area contributed by atoms with Gasteiger partial charge < -0.3 is 10.4 Å². The van der Waals surface area contributed by atoms with Crippen molar-refractivity contribution in [2.75, 3.05) is 13.1 Å². The number of nitrogens with one attached hydrogen (secondary N) is 1. The molecular formula is C13H18N2O2. The number of hydrogen-bond acceptors (Lipinski definition) is 2. The predicted molar refractivity (Wildman–Crippen MR) is 66.0 cm³/mol. The van der Waals surface area contributed by atoms with Crippen molar-refractivity contribution in [2.45, 2.75) is 25.4 Å². The molecule has 4 nitrogen and oxygen atoms in total. The van der Waals surface area contributed by atoms with Crippen molar-refractivity contribution in [3.8, 4) is 0 Å². The van der Waals surface area contributed by atoms with E-state index in [9.17, 15) is 9.90 Å². The standard InChI is InChI=1S/C13H18N2O2/c1-10-13(2,11-6-4-3-5-7-11)15(12(16)17)9-8-14-10/h3-7,10,14H,8-9H2,1-2H3,(H,16,17). The summed E-state index contributed by atoms with van der Waals surface area (Å²) in [6, 6.07) is 9.90. The number of piperazine rings is 1. The minimum Gasteiger partial charge on any atom is -0.465 e. The second kappa shape index (κ2) is 4.37. The summed E-state index contributed by atoms with van der Waals surface area (Å²) >= 11 is 0. The molecule has 1 aromatic carbocycles. The molecule has 0 aliphatic carbocycles. The first-order valence-corrected chi connectivity index (χ1v) is 5.86. The minimum absolute atomic E-state index is 0.0924. The van der Waals surface area contributed by atoms with Gasteiger partial charge in [-0.3, -0.25) is 4.90 Å². The molecule has 0 bridgehead atoms. The molecule has 0 spiro atoms. The first-order chi connectivity index (χ1) is 8.06. The zero-order chi connectivity index (χ0) is 12.5. The van der Waals surface area contributed by atoms with Gasteiger partial charge >= 0.3 is 6.09 Å². The molecule has 2 rings (SSSR count). The Hall–Kier alpha value is -1.55. The molecule has 1 saturated heterocycles. The van der Waals surface area contributed by atoms with E-state index in [2.05, 4.69) is 5.32 Å².